The van der Waals surface area contributed by atoms with Gasteiger partial charge in [-0.1, -0.05) is 41.1 Å². The topological polar surface area (TPSA) is 85.1 Å². The minimum Gasteiger partial charge on any atom is -0.297 e. The van der Waals surface area contributed by atoms with Gasteiger partial charge in [-0.05, 0) is 12.1 Å². The number of benzene rings is 1. The molecule has 3 rings (SSSR count). The number of halogens is 1. The predicted molar refractivity (Wildman–Crippen MR) is 91.5 cm³/mol. The third kappa shape index (κ3) is 3.39. The van der Waals surface area contributed by atoms with Gasteiger partial charge in [-0.15, -0.1) is 11.3 Å². The highest BCUT2D eigenvalue weighted by molar-refractivity contribution is 7.17. The van der Waals surface area contributed by atoms with Crippen LogP contribution in [0.2, 0.25) is 5.02 Å². The number of thiophene rings is 1. The molecule has 1 aromatic carbocycles. The maximum absolute atomic E-state index is 12.1. The molecule has 2 aromatic heterocycles. The van der Waals surface area contributed by atoms with Crippen LogP contribution in [-0.4, -0.2) is 15.8 Å². The molecule has 0 aliphatic carbocycles. The summed E-state index contributed by atoms with van der Waals surface area (Å²) in [5.41, 5.74) is 1.44. The number of aromatic nitrogens is 1. The van der Waals surface area contributed by atoms with Crippen molar-refractivity contribution in [3.8, 4) is 11.3 Å². The first kappa shape index (κ1) is 15.6. The maximum atomic E-state index is 12.1. The fraction of sp³-hybridized carbons (Fsp3) is 0. The molecule has 116 valence electrons. The second-order valence-corrected chi connectivity index (χ2v) is 6.69. The Morgan fingerprint density at radius 1 is 1.26 bits per heavy atom. The van der Waals surface area contributed by atoms with E-state index in [1.165, 1.54) is 23.5 Å². The highest BCUT2D eigenvalue weighted by Crippen LogP contribution is 2.31. The van der Waals surface area contributed by atoms with Crippen molar-refractivity contribution in [2.24, 2.45) is 0 Å². The van der Waals surface area contributed by atoms with Crippen LogP contribution in [0.1, 0.15) is 9.67 Å². The summed E-state index contributed by atoms with van der Waals surface area (Å²) in [6, 6.07) is 10.00. The lowest BCUT2D eigenvalue weighted by Crippen LogP contribution is -2.09. The van der Waals surface area contributed by atoms with Crippen molar-refractivity contribution in [3.63, 3.8) is 0 Å². The Morgan fingerprint density at radius 2 is 2.04 bits per heavy atom. The SMILES string of the molecule is O=C(Nc1nc(-c2ccccc2Cl)cs1)c1ccc([N+](=O)[O-])s1. The molecule has 1 amide bonds. The molecule has 9 heteroatoms. The Balaban J connectivity index is 1.77. The minimum atomic E-state index is -0.527. The zero-order valence-electron chi connectivity index (χ0n) is 11.4. The van der Waals surface area contributed by atoms with E-state index in [0.717, 1.165) is 16.9 Å². The summed E-state index contributed by atoms with van der Waals surface area (Å²) in [5.74, 6) is -0.428. The lowest BCUT2D eigenvalue weighted by atomic mass is 10.2. The molecule has 0 saturated carbocycles. The Morgan fingerprint density at radius 3 is 2.74 bits per heavy atom. The highest BCUT2D eigenvalue weighted by atomic mass is 35.5. The van der Waals surface area contributed by atoms with Crippen molar-refractivity contribution in [2.45, 2.75) is 0 Å². The molecule has 0 saturated heterocycles. The van der Waals surface area contributed by atoms with Gasteiger partial charge in [-0.2, -0.15) is 0 Å². The first-order valence-electron chi connectivity index (χ1n) is 6.30. The molecular weight excluding hydrogens is 358 g/mol. The van der Waals surface area contributed by atoms with Gasteiger partial charge in [0.2, 0.25) is 0 Å². The number of carbonyl (C=O) groups is 1. The number of anilines is 1. The third-order valence-electron chi connectivity index (χ3n) is 2.87. The lowest BCUT2D eigenvalue weighted by molar-refractivity contribution is -0.380. The van der Waals surface area contributed by atoms with Crippen molar-refractivity contribution in [1.29, 1.82) is 0 Å². The van der Waals surface area contributed by atoms with Gasteiger partial charge in [0.25, 0.3) is 5.91 Å². The van der Waals surface area contributed by atoms with Crippen LogP contribution in [0.15, 0.2) is 41.8 Å². The second kappa shape index (κ2) is 6.45. The van der Waals surface area contributed by atoms with E-state index in [1.807, 2.05) is 18.2 Å². The van der Waals surface area contributed by atoms with Crippen molar-refractivity contribution >= 4 is 50.3 Å². The number of nitro groups is 1. The zero-order valence-corrected chi connectivity index (χ0v) is 13.7. The Bertz CT molecular complexity index is 891. The molecule has 1 N–H and O–H groups in total. The Kier molecular flexibility index (Phi) is 4.37. The maximum Gasteiger partial charge on any atom is 0.324 e. The van der Waals surface area contributed by atoms with E-state index in [9.17, 15) is 14.9 Å². The fourth-order valence-electron chi connectivity index (χ4n) is 1.83. The van der Waals surface area contributed by atoms with Gasteiger partial charge in [-0.3, -0.25) is 20.2 Å². The van der Waals surface area contributed by atoms with Crippen LogP contribution in [0, 0.1) is 10.1 Å². The average Bonchev–Trinajstić information content (AvgIpc) is 3.16. The molecule has 0 aliphatic rings. The largest absolute Gasteiger partial charge is 0.324 e. The second-order valence-electron chi connectivity index (χ2n) is 4.37. The van der Waals surface area contributed by atoms with E-state index in [0.29, 0.717) is 15.8 Å². The molecule has 0 radical (unpaired) electrons. The summed E-state index contributed by atoms with van der Waals surface area (Å²) in [6.07, 6.45) is 0. The predicted octanol–water partition coefficient (Wildman–Crippen LogP) is 4.69. The van der Waals surface area contributed by atoms with Gasteiger partial charge in [0.15, 0.2) is 5.13 Å². The van der Waals surface area contributed by atoms with Crippen LogP contribution >= 0.6 is 34.3 Å². The smallest absolute Gasteiger partial charge is 0.297 e. The number of amides is 1. The molecule has 3 aromatic rings. The monoisotopic (exact) mass is 365 g/mol. The molecule has 0 bridgehead atoms. The van der Waals surface area contributed by atoms with Gasteiger partial charge in [-0.25, -0.2) is 4.98 Å². The molecule has 0 aliphatic heterocycles. The molecule has 6 nitrogen and oxygen atoms in total. The van der Waals surface area contributed by atoms with E-state index >= 15 is 0 Å². The summed E-state index contributed by atoms with van der Waals surface area (Å²) in [6.45, 7) is 0. The Hall–Kier alpha value is -2.29. The quantitative estimate of drug-likeness (QED) is 0.537. The number of hydrogen-bond acceptors (Lipinski definition) is 6. The molecule has 0 atom stereocenters. The van der Waals surface area contributed by atoms with E-state index in [1.54, 1.807) is 11.4 Å². The first-order valence-corrected chi connectivity index (χ1v) is 8.38. The van der Waals surface area contributed by atoms with Crippen molar-refractivity contribution in [1.82, 2.24) is 4.98 Å². The van der Waals surface area contributed by atoms with Gasteiger partial charge >= 0.3 is 5.00 Å². The molecule has 0 unspecified atom stereocenters. The molecule has 23 heavy (non-hydrogen) atoms. The number of nitrogens with one attached hydrogen (secondary N) is 1. The summed E-state index contributed by atoms with van der Waals surface area (Å²) in [5, 5.41) is 16.0. The Labute approximate surface area is 143 Å². The minimum absolute atomic E-state index is 0.0777. The van der Waals surface area contributed by atoms with Crippen molar-refractivity contribution in [2.75, 3.05) is 5.32 Å². The van der Waals surface area contributed by atoms with Crippen LogP contribution in [0.4, 0.5) is 10.1 Å². The number of hydrogen-bond donors (Lipinski definition) is 1. The fourth-order valence-corrected chi connectivity index (χ4v) is 3.48. The summed E-state index contributed by atoms with van der Waals surface area (Å²) in [7, 11) is 0. The highest BCUT2D eigenvalue weighted by Gasteiger charge is 2.17. The van der Waals surface area contributed by atoms with Gasteiger partial charge in [0, 0.05) is 22.0 Å². The molecule has 2 heterocycles. The van der Waals surface area contributed by atoms with E-state index in [4.69, 9.17) is 11.6 Å². The van der Waals surface area contributed by atoms with Crippen LogP contribution in [-0.2, 0) is 0 Å². The van der Waals surface area contributed by atoms with Crippen LogP contribution in [0.3, 0.4) is 0 Å². The van der Waals surface area contributed by atoms with E-state index in [-0.39, 0.29) is 9.88 Å². The average molecular weight is 366 g/mol. The van der Waals surface area contributed by atoms with Gasteiger partial charge in [0.05, 0.1) is 15.5 Å². The number of nitrogens with zero attached hydrogens (tertiary/aromatic N) is 2. The summed E-state index contributed by atoms with van der Waals surface area (Å²) >= 11 is 8.19. The number of rotatable bonds is 4. The van der Waals surface area contributed by atoms with Crippen LogP contribution in [0.5, 0.6) is 0 Å². The van der Waals surface area contributed by atoms with E-state index < -0.39 is 10.8 Å². The van der Waals surface area contributed by atoms with Gasteiger partial charge < -0.3 is 0 Å². The van der Waals surface area contributed by atoms with Crippen LogP contribution < -0.4 is 5.32 Å². The molecular formula is C14H8ClN3O3S2. The summed E-state index contributed by atoms with van der Waals surface area (Å²) in [4.78, 5) is 26.8. The molecule has 0 spiro atoms. The molecule has 0 fully saturated rings. The number of carbonyl (C=O) groups excluding carboxylic acids is 1. The summed E-state index contributed by atoms with van der Waals surface area (Å²) < 4.78 is 0. The van der Waals surface area contributed by atoms with Crippen LogP contribution in [0.25, 0.3) is 11.3 Å². The van der Waals surface area contributed by atoms with Crippen molar-refractivity contribution in [3.05, 3.63) is 61.8 Å². The van der Waals surface area contributed by atoms with Gasteiger partial charge in [0.1, 0.15) is 0 Å². The van der Waals surface area contributed by atoms with E-state index in [2.05, 4.69) is 10.3 Å². The number of thiazole rings is 1. The standard InChI is InChI=1S/C14H8ClN3O3S2/c15-9-4-2-1-3-8(9)10-7-22-14(16-10)17-13(19)11-5-6-12(23-11)18(20)21/h1-7H,(H,16,17,19). The van der Waals surface area contributed by atoms with Crippen molar-refractivity contribution < 1.29 is 9.72 Å². The lowest BCUT2D eigenvalue weighted by Gasteiger charge is -2.00. The zero-order chi connectivity index (χ0) is 16.4. The normalized spacial score (nSPS) is 10.5. The third-order valence-corrected chi connectivity index (χ3v) is 4.99. The first-order chi connectivity index (χ1) is 11.0.